The fraction of sp³-hybridized carbons (Fsp3) is 0.176. The number of rotatable bonds is 5. The van der Waals surface area contributed by atoms with Gasteiger partial charge in [0.05, 0.1) is 17.2 Å². The molecule has 0 fully saturated rings. The quantitative estimate of drug-likeness (QED) is 0.576. The maximum Gasteiger partial charge on any atom is 0.341 e. The molecule has 1 aromatic heterocycles. The molecule has 0 aliphatic heterocycles. The predicted octanol–water partition coefficient (Wildman–Crippen LogP) is 4.44. The SMILES string of the molecule is COC(=O)c1cc(COC(=O)C=Cc2ccc(Cl)c(Cl)c2)oc1C. The van der Waals surface area contributed by atoms with Gasteiger partial charge in [-0.1, -0.05) is 29.3 Å². The van der Waals surface area contributed by atoms with Crippen LogP contribution in [0.25, 0.3) is 6.08 Å². The highest BCUT2D eigenvalue weighted by molar-refractivity contribution is 6.42. The Morgan fingerprint density at radius 1 is 1.21 bits per heavy atom. The largest absolute Gasteiger partial charge is 0.465 e. The zero-order valence-electron chi connectivity index (χ0n) is 13.0. The molecule has 0 saturated heterocycles. The summed E-state index contributed by atoms with van der Waals surface area (Å²) in [5.74, 6) is -0.313. The molecule has 0 unspecified atom stereocenters. The Morgan fingerprint density at radius 2 is 1.96 bits per heavy atom. The van der Waals surface area contributed by atoms with E-state index in [1.165, 1.54) is 19.3 Å². The molecule has 0 saturated carbocycles. The molecule has 126 valence electrons. The Kier molecular flexibility index (Phi) is 6.06. The first-order chi connectivity index (χ1) is 11.4. The van der Waals surface area contributed by atoms with Gasteiger partial charge in [0.1, 0.15) is 23.7 Å². The molecule has 0 amide bonds. The van der Waals surface area contributed by atoms with E-state index in [0.29, 0.717) is 32.7 Å². The third kappa shape index (κ3) is 4.63. The number of methoxy groups -OCH3 is 1. The van der Waals surface area contributed by atoms with E-state index in [1.54, 1.807) is 31.2 Å². The lowest BCUT2D eigenvalue weighted by molar-refractivity contribution is -0.139. The summed E-state index contributed by atoms with van der Waals surface area (Å²) in [5, 5.41) is 0.833. The van der Waals surface area contributed by atoms with Crippen LogP contribution in [0.2, 0.25) is 10.0 Å². The lowest BCUT2D eigenvalue weighted by Crippen LogP contribution is -2.01. The summed E-state index contributed by atoms with van der Waals surface area (Å²) < 4.78 is 15.0. The lowest BCUT2D eigenvalue weighted by atomic mass is 10.2. The van der Waals surface area contributed by atoms with Gasteiger partial charge in [0.15, 0.2) is 0 Å². The highest BCUT2D eigenvalue weighted by Gasteiger charge is 2.15. The van der Waals surface area contributed by atoms with Crippen LogP contribution < -0.4 is 0 Å². The molecule has 0 radical (unpaired) electrons. The molecule has 5 nitrogen and oxygen atoms in total. The monoisotopic (exact) mass is 368 g/mol. The summed E-state index contributed by atoms with van der Waals surface area (Å²) in [4.78, 5) is 23.2. The molecular weight excluding hydrogens is 355 g/mol. The molecule has 0 spiro atoms. The van der Waals surface area contributed by atoms with E-state index >= 15 is 0 Å². The van der Waals surface area contributed by atoms with Crippen molar-refractivity contribution in [3.63, 3.8) is 0 Å². The van der Waals surface area contributed by atoms with Crippen LogP contribution in [0, 0.1) is 6.92 Å². The molecule has 2 rings (SSSR count). The molecule has 0 aliphatic rings. The van der Waals surface area contributed by atoms with Crippen molar-refractivity contribution < 1.29 is 23.5 Å². The van der Waals surface area contributed by atoms with E-state index in [1.807, 2.05) is 0 Å². The second-order valence-electron chi connectivity index (χ2n) is 4.79. The minimum absolute atomic E-state index is 0.0949. The van der Waals surface area contributed by atoms with Crippen molar-refractivity contribution >= 4 is 41.2 Å². The Hall–Kier alpha value is -2.24. The summed E-state index contributed by atoms with van der Waals surface area (Å²) in [6.45, 7) is 1.53. The third-order valence-electron chi connectivity index (χ3n) is 3.09. The second kappa shape index (κ2) is 8.04. The summed E-state index contributed by atoms with van der Waals surface area (Å²) in [6, 6.07) is 6.47. The number of hydrogen-bond donors (Lipinski definition) is 0. The fourth-order valence-corrected chi connectivity index (χ4v) is 2.20. The van der Waals surface area contributed by atoms with E-state index in [4.69, 9.17) is 32.4 Å². The number of furan rings is 1. The van der Waals surface area contributed by atoms with Crippen molar-refractivity contribution in [2.75, 3.05) is 7.11 Å². The number of benzene rings is 1. The Balaban J connectivity index is 1.94. The number of carbonyl (C=O) groups excluding carboxylic acids is 2. The first-order valence-corrected chi connectivity index (χ1v) is 7.64. The van der Waals surface area contributed by atoms with Gasteiger partial charge >= 0.3 is 11.9 Å². The third-order valence-corrected chi connectivity index (χ3v) is 3.83. The molecule has 0 aliphatic carbocycles. The molecule has 24 heavy (non-hydrogen) atoms. The van der Waals surface area contributed by atoms with Gasteiger partial charge in [0.25, 0.3) is 0 Å². The van der Waals surface area contributed by atoms with Crippen LogP contribution in [-0.2, 0) is 20.9 Å². The maximum absolute atomic E-state index is 11.7. The average Bonchev–Trinajstić information content (AvgIpc) is 2.94. The van der Waals surface area contributed by atoms with Crippen molar-refractivity contribution in [1.82, 2.24) is 0 Å². The number of carbonyl (C=O) groups is 2. The molecule has 7 heteroatoms. The van der Waals surface area contributed by atoms with Gasteiger partial charge in [-0.15, -0.1) is 0 Å². The minimum Gasteiger partial charge on any atom is -0.465 e. The van der Waals surface area contributed by atoms with Gasteiger partial charge in [-0.3, -0.25) is 0 Å². The Bertz CT molecular complexity index is 792. The predicted molar refractivity (Wildman–Crippen MR) is 90.1 cm³/mol. The molecule has 1 heterocycles. The van der Waals surface area contributed by atoms with E-state index in [9.17, 15) is 9.59 Å². The van der Waals surface area contributed by atoms with Crippen LogP contribution in [0.15, 0.2) is 34.8 Å². The van der Waals surface area contributed by atoms with Gasteiger partial charge in [0, 0.05) is 6.08 Å². The van der Waals surface area contributed by atoms with Crippen molar-refractivity contribution in [1.29, 1.82) is 0 Å². The molecule has 0 atom stereocenters. The number of hydrogen-bond acceptors (Lipinski definition) is 5. The molecular formula is C17H14Cl2O5. The van der Waals surface area contributed by atoms with E-state index in [0.717, 1.165) is 0 Å². The standard InChI is InChI=1S/C17H14Cl2O5/c1-10-13(17(21)22-2)8-12(24-10)9-23-16(20)6-4-11-3-5-14(18)15(19)7-11/h3-8H,9H2,1-2H3. The highest BCUT2D eigenvalue weighted by atomic mass is 35.5. The number of esters is 2. The molecule has 0 N–H and O–H groups in total. The zero-order chi connectivity index (χ0) is 17.7. The van der Waals surface area contributed by atoms with Crippen molar-refractivity contribution in [2.24, 2.45) is 0 Å². The summed E-state index contributed by atoms with van der Waals surface area (Å²) in [5.41, 5.74) is 1.01. The van der Waals surface area contributed by atoms with Crippen molar-refractivity contribution in [3.8, 4) is 0 Å². The van der Waals surface area contributed by atoms with Gasteiger partial charge in [-0.05, 0) is 36.8 Å². The second-order valence-corrected chi connectivity index (χ2v) is 5.60. The topological polar surface area (TPSA) is 65.7 Å². The number of ether oxygens (including phenoxy) is 2. The number of aryl methyl sites for hydroxylation is 1. The van der Waals surface area contributed by atoms with E-state index in [2.05, 4.69) is 4.74 Å². The van der Waals surface area contributed by atoms with Gasteiger partial charge in [-0.25, -0.2) is 9.59 Å². The highest BCUT2D eigenvalue weighted by Crippen LogP contribution is 2.23. The molecule has 0 bridgehead atoms. The first-order valence-electron chi connectivity index (χ1n) is 6.88. The normalized spacial score (nSPS) is 10.8. The molecule has 2 aromatic rings. The zero-order valence-corrected chi connectivity index (χ0v) is 14.5. The smallest absolute Gasteiger partial charge is 0.341 e. The number of halogens is 2. The van der Waals surface area contributed by atoms with Gasteiger partial charge in [-0.2, -0.15) is 0 Å². The van der Waals surface area contributed by atoms with Crippen LogP contribution in [0.5, 0.6) is 0 Å². The average molecular weight is 369 g/mol. The van der Waals surface area contributed by atoms with E-state index in [-0.39, 0.29) is 6.61 Å². The van der Waals surface area contributed by atoms with Crippen molar-refractivity contribution in [3.05, 3.63) is 63.0 Å². The van der Waals surface area contributed by atoms with Gasteiger partial charge < -0.3 is 13.9 Å². The minimum atomic E-state index is -0.560. The lowest BCUT2D eigenvalue weighted by Gasteiger charge is -1.99. The fourth-order valence-electron chi connectivity index (χ4n) is 1.90. The van der Waals surface area contributed by atoms with Crippen LogP contribution >= 0.6 is 23.2 Å². The summed E-state index contributed by atoms with van der Waals surface area (Å²) in [6.07, 6.45) is 2.81. The van der Waals surface area contributed by atoms with Gasteiger partial charge in [0.2, 0.25) is 0 Å². The summed E-state index contributed by atoms with van der Waals surface area (Å²) in [7, 11) is 1.28. The Morgan fingerprint density at radius 3 is 2.62 bits per heavy atom. The molecule has 1 aromatic carbocycles. The summed E-state index contributed by atoms with van der Waals surface area (Å²) >= 11 is 11.7. The first kappa shape index (κ1) is 18.1. The van der Waals surface area contributed by atoms with Crippen LogP contribution in [0.4, 0.5) is 0 Å². The van der Waals surface area contributed by atoms with Crippen LogP contribution in [0.3, 0.4) is 0 Å². The maximum atomic E-state index is 11.7. The van der Waals surface area contributed by atoms with Crippen molar-refractivity contribution in [2.45, 2.75) is 13.5 Å². The Labute approximate surface area is 148 Å². The van der Waals surface area contributed by atoms with Crippen LogP contribution in [0.1, 0.15) is 27.4 Å². The van der Waals surface area contributed by atoms with E-state index < -0.39 is 11.9 Å². The van der Waals surface area contributed by atoms with Crippen LogP contribution in [-0.4, -0.2) is 19.0 Å².